The molecule has 0 bridgehead atoms. The molecule has 1 aromatic carbocycles. The molecule has 2 aromatic rings. The Balaban J connectivity index is 1.57. The van der Waals surface area contributed by atoms with Gasteiger partial charge in [-0.25, -0.2) is 9.07 Å². The average molecular weight is 503 g/mol. The third-order valence-corrected chi connectivity index (χ3v) is 7.31. The number of halogens is 1. The molecule has 10 atom stereocenters. The van der Waals surface area contributed by atoms with Crippen LogP contribution >= 0.6 is 11.8 Å². The first kappa shape index (κ1) is 25.4. The van der Waals surface area contributed by atoms with Crippen LogP contribution in [0.2, 0.25) is 0 Å². The molecule has 2 aliphatic heterocycles. The Hall–Kier alpha value is -1.72. The Morgan fingerprint density at radius 3 is 2.26 bits per heavy atom. The van der Waals surface area contributed by atoms with Gasteiger partial charge in [-0.1, -0.05) is 29.1 Å². The molecule has 0 aliphatic carbocycles. The van der Waals surface area contributed by atoms with Gasteiger partial charge in [-0.2, -0.15) is 0 Å². The second-order valence-corrected chi connectivity index (χ2v) is 9.41. The lowest BCUT2D eigenvalue weighted by molar-refractivity contribution is -0.183. The Morgan fingerprint density at radius 1 is 0.971 bits per heavy atom. The van der Waals surface area contributed by atoms with Crippen LogP contribution in [0.15, 0.2) is 30.5 Å². The fourth-order valence-corrected chi connectivity index (χ4v) is 5.40. The molecule has 34 heavy (non-hydrogen) atoms. The molecule has 1 aromatic heterocycles. The van der Waals surface area contributed by atoms with Crippen LogP contribution in [0.5, 0.6) is 0 Å². The van der Waals surface area contributed by atoms with Crippen molar-refractivity contribution in [3.63, 3.8) is 0 Å². The van der Waals surface area contributed by atoms with E-state index in [0.29, 0.717) is 11.3 Å². The normalized spacial score (nSPS) is 38.7. The SMILES string of the molecule is NC1C(O)[C@@H](CO)OC(S[C@@H]2OC(CO)[C@H](O)C(n3cc(-c4cccc(F)c4)nn3)[C@@H]2O)[C@@H]1O. The van der Waals surface area contributed by atoms with E-state index in [1.165, 1.54) is 29.1 Å². The van der Waals surface area contributed by atoms with Gasteiger partial charge in [0.05, 0.1) is 25.5 Å². The third-order valence-electron chi connectivity index (χ3n) is 5.99. The lowest BCUT2D eigenvalue weighted by Crippen LogP contribution is -2.62. The molecule has 4 rings (SSSR count). The summed E-state index contributed by atoms with van der Waals surface area (Å²) in [6, 6.07) is 3.43. The van der Waals surface area contributed by atoms with Gasteiger partial charge in [0.15, 0.2) is 0 Å². The predicted molar refractivity (Wildman–Crippen MR) is 116 cm³/mol. The van der Waals surface area contributed by atoms with Crippen molar-refractivity contribution in [3.8, 4) is 11.3 Å². The first-order chi connectivity index (χ1) is 16.2. The van der Waals surface area contributed by atoms with Crippen molar-refractivity contribution in [2.24, 2.45) is 5.73 Å². The fourth-order valence-electron chi connectivity index (χ4n) is 4.06. The molecule has 0 radical (unpaired) electrons. The Labute approximate surface area is 197 Å². The van der Waals surface area contributed by atoms with Gasteiger partial charge in [-0.05, 0) is 12.1 Å². The van der Waals surface area contributed by atoms with Crippen molar-refractivity contribution in [1.29, 1.82) is 0 Å². The van der Waals surface area contributed by atoms with E-state index in [-0.39, 0.29) is 0 Å². The van der Waals surface area contributed by atoms with Gasteiger partial charge in [-0.3, -0.25) is 0 Å². The number of benzene rings is 1. The van der Waals surface area contributed by atoms with Crippen molar-refractivity contribution < 1.29 is 44.5 Å². The zero-order valence-electron chi connectivity index (χ0n) is 17.8. The highest BCUT2D eigenvalue weighted by Crippen LogP contribution is 2.39. The summed E-state index contributed by atoms with van der Waals surface area (Å²) in [4.78, 5) is 0. The first-order valence-electron chi connectivity index (χ1n) is 10.6. The zero-order valence-corrected chi connectivity index (χ0v) is 18.6. The van der Waals surface area contributed by atoms with Crippen molar-refractivity contribution >= 4 is 11.8 Å². The van der Waals surface area contributed by atoms with Crippen LogP contribution in [-0.4, -0.2) is 112 Å². The van der Waals surface area contributed by atoms with Crippen LogP contribution in [0.1, 0.15) is 6.04 Å². The first-order valence-corrected chi connectivity index (χ1v) is 11.5. The van der Waals surface area contributed by atoms with Crippen LogP contribution in [0.25, 0.3) is 11.3 Å². The molecule has 5 unspecified atom stereocenters. The van der Waals surface area contributed by atoms with E-state index in [1.54, 1.807) is 6.07 Å². The van der Waals surface area contributed by atoms with Crippen LogP contribution in [0.3, 0.4) is 0 Å². The maximum Gasteiger partial charge on any atom is 0.134 e. The highest BCUT2D eigenvalue weighted by molar-refractivity contribution is 8.00. The van der Waals surface area contributed by atoms with Gasteiger partial charge >= 0.3 is 0 Å². The molecule has 14 heteroatoms. The minimum absolute atomic E-state index is 0.298. The minimum atomic E-state index is -1.42. The molecule has 0 spiro atoms. The van der Waals surface area contributed by atoms with Crippen molar-refractivity contribution in [3.05, 3.63) is 36.3 Å². The Bertz CT molecular complexity index is 970. The lowest BCUT2D eigenvalue weighted by Gasteiger charge is -2.45. The topological polar surface area (TPSA) is 197 Å². The summed E-state index contributed by atoms with van der Waals surface area (Å²) in [6.45, 7) is -1.13. The molecule has 8 N–H and O–H groups in total. The maximum atomic E-state index is 13.6. The number of hydrogen-bond donors (Lipinski definition) is 7. The number of nitrogens with two attached hydrogens (primary N) is 1. The molecule has 2 saturated heterocycles. The van der Waals surface area contributed by atoms with Gasteiger partial charge < -0.3 is 45.8 Å². The molecule has 0 amide bonds. The van der Waals surface area contributed by atoms with Gasteiger partial charge in [0.25, 0.3) is 0 Å². The highest BCUT2D eigenvalue weighted by atomic mass is 32.2. The molecule has 12 nitrogen and oxygen atoms in total. The summed E-state index contributed by atoms with van der Waals surface area (Å²) in [5.74, 6) is -0.467. The highest BCUT2D eigenvalue weighted by Gasteiger charge is 2.50. The van der Waals surface area contributed by atoms with Crippen LogP contribution in [0.4, 0.5) is 4.39 Å². The van der Waals surface area contributed by atoms with Crippen LogP contribution in [-0.2, 0) is 9.47 Å². The fraction of sp³-hybridized carbons (Fsp3) is 0.600. The van der Waals surface area contributed by atoms with Crippen LogP contribution in [0, 0.1) is 5.82 Å². The monoisotopic (exact) mass is 502 g/mol. The number of hydrogen-bond acceptors (Lipinski definition) is 12. The number of aliphatic hydroxyl groups is 6. The number of thioether (sulfide) groups is 1. The van der Waals surface area contributed by atoms with Gasteiger partial charge in [-0.15, -0.1) is 5.10 Å². The van der Waals surface area contributed by atoms with E-state index in [9.17, 15) is 35.0 Å². The second kappa shape index (κ2) is 10.5. The molecule has 188 valence electrons. The number of nitrogens with zero attached hydrogens (tertiary/aromatic N) is 3. The summed E-state index contributed by atoms with van der Waals surface area (Å²) < 4.78 is 26.0. The second-order valence-electron chi connectivity index (χ2n) is 8.21. The molecule has 0 saturated carbocycles. The summed E-state index contributed by atoms with van der Waals surface area (Å²) in [5.41, 5.74) is 4.36. The average Bonchev–Trinajstić information content (AvgIpc) is 3.31. The van der Waals surface area contributed by atoms with Crippen LogP contribution < -0.4 is 5.73 Å². The quantitative estimate of drug-likeness (QED) is 0.221. The van der Waals surface area contributed by atoms with Gasteiger partial charge in [0.1, 0.15) is 65.0 Å². The summed E-state index contributed by atoms with van der Waals surface area (Å²) in [5, 5.41) is 69.4. The third kappa shape index (κ3) is 4.83. The number of rotatable bonds is 6. The molecular weight excluding hydrogens is 475 g/mol. The summed E-state index contributed by atoms with van der Waals surface area (Å²) in [7, 11) is 0. The lowest BCUT2D eigenvalue weighted by atomic mass is 9.97. The van der Waals surface area contributed by atoms with E-state index in [1.807, 2.05) is 0 Å². The van der Waals surface area contributed by atoms with Gasteiger partial charge in [0, 0.05) is 5.56 Å². The smallest absolute Gasteiger partial charge is 0.134 e. The molecule has 2 fully saturated rings. The maximum absolute atomic E-state index is 13.6. The molecule has 2 aliphatic rings. The molecule has 3 heterocycles. The predicted octanol–water partition coefficient (Wildman–Crippen LogP) is -2.44. The van der Waals surface area contributed by atoms with E-state index >= 15 is 0 Å². The Morgan fingerprint density at radius 2 is 1.62 bits per heavy atom. The van der Waals surface area contributed by atoms with E-state index in [4.69, 9.17) is 15.2 Å². The Kier molecular flexibility index (Phi) is 7.83. The number of aliphatic hydroxyl groups excluding tert-OH is 6. The summed E-state index contributed by atoms with van der Waals surface area (Å²) in [6.07, 6.45) is -6.22. The summed E-state index contributed by atoms with van der Waals surface area (Å²) >= 11 is 0.827. The standard InChI is InChI=1S/C20H27FN4O8S/c21-9-3-1-2-8(4-9)10-5-25(24-23-10)14-16(29)12(7-27)33-20(18(14)31)34-19-17(30)13(22)15(28)11(6-26)32-19/h1-5,11-20,26-31H,6-7,22H2/t11-,12?,13?,14?,15?,16+,17-,18+,19?,20+/m1/s1. The van der Waals surface area contributed by atoms with E-state index in [2.05, 4.69) is 10.3 Å². The van der Waals surface area contributed by atoms with E-state index < -0.39 is 78.6 Å². The van der Waals surface area contributed by atoms with Crippen molar-refractivity contribution in [2.75, 3.05) is 13.2 Å². The zero-order chi connectivity index (χ0) is 24.6. The largest absolute Gasteiger partial charge is 0.394 e. The molecular formula is C20H27FN4O8S. The number of ether oxygens (including phenoxy) is 2. The van der Waals surface area contributed by atoms with Crippen molar-refractivity contribution in [2.45, 2.75) is 59.6 Å². The van der Waals surface area contributed by atoms with Gasteiger partial charge in [0.2, 0.25) is 0 Å². The van der Waals surface area contributed by atoms with Crippen molar-refractivity contribution in [1.82, 2.24) is 15.0 Å². The number of aromatic nitrogens is 3. The minimum Gasteiger partial charge on any atom is -0.394 e. The van der Waals surface area contributed by atoms with E-state index in [0.717, 1.165) is 11.8 Å².